The summed E-state index contributed by atoms with van der Waals surface area (Å²) in [5.74, 6) is -3.05. The van der Waals surface area contributed by atoms with Crippen LogP contribution in [-0.4, -0.2) is 63.5 Å². The van der Waals surface area contributed by atoms with Crippen molar-refractivity contribution in [3.05, 3.63) is 101 Å². The van der Waals surface area contributed by atoms with Crippen LogP contribution >= 0.6 is 11.8 Å². The SMILES string of the molecule is O=C(O)c1ccc(SC[C@H]2C[C@@H](c3ccc(CO)cc3)O[C@@H](c3ccc(CNC(=O)[C@@H]4CCCN4C(=O)C(F)(F)F)cc3)O2)cc1. The molecular weight excluding hydrogens is 625 g/mol. The summed E-state index contributed by atoms with van der Waals surface area (Å²) in [5, 5.41) is 21.3. The molecule has 4 atom stereocenters. The van der Waals surface area contributed by atoms with E-state index in [9.17, 15) is 32.7 Å². The Kier molecular flexibility index (Phi) is 10.7. The third-order valence-electron chi connectivity index (χ3n) is 7.93. The Bertz CT molecular complexity index is 1520. The van der Waals surface area contributed by atoms with E-state index < -0.39 is 36.3 Å². The molecule has 2 amide bonds. The topological polar surface area (TPSA) is 125 Å². The average molecular weight is 659 g/mol. The molecule has 3 aromatic carbocycles. The predicted molar refractivity (Wildman–Crippen MR) is 162 cm³/mol. The van der Waals surface area contributed by atoms with Gasteiger partial charge in [-0.15, -0.1) is 11.8 Å². The van der Waals surface area contributed by atoms with Crippen molar-refractivity contribution in [1.82, 2.24) is 10.2 Å². The second kappa shape index (κ2) is 14.7. The lowest BCUT2D eigenvalue weighted by atomic mass is 10.0. The lowest BCUT2D eigenvalue weighted by Gasteiger charge is -2.36. The molecule has 9 nitrogen and oxygen atoms in total. The van der Waals surface area contributed by atoms with Gasteiger partial charge in [0.1, 0.15) is 6.04 Å². The number of carboxylic acid groups (broad SMARTS) is 1. The van der Waals surface area contributed by atoms with Crippen molar-refractivity contribution in [2.24, 2.45) is 0 Å². The molecule has 0 aliphatic carbocycles. The summed E-state index contributed by atoms with van der Waals surface area (Å²) in [6.07, 6.45) is -5.24. The molecule has 0 spiro atoms. The molecule has 244 valence electrons. The number of benzene rings is 3. The molecular formula is C33H33F3N2O7S. The number of nitrogens with zero attached hydrogens (tertiary/aromatic N) is 1. The zero-order valence-electron chi connectivity index (χ0n) is 24.6. The van der Waals surface area contributed by atoms with Crippen LogP contribution in [0.2, 0.25) is 0 Å². The van der Waals surface area contributed by atoms with Crippen molar-refractivity contribution in [3.63, 3.8) is 0 Å². The second-order valence-electron chi connectivity index (χ2n) is 11.1. The Labute approximate surface area is 267 Å². The molecule has 0 saturated carbocycles. The van der Waals surface area contributed by atoms with Crippen molar-refractivity contribution < 1.29 is 47.2 Å². The van der Waals surface area contributed by atoms with E-state index in [1.165, 1.54) is 11.8 Å². The van der Waals surface area contributed by atoms with Crippen LogP contribution in [0.3, 0.4) is 0 Å². The molecule has 46 heavy (non-hydrogen) atoms. The Hall–Kier alpha value is -3.91. The number of halogens is 3. The number of nitrogens with one attached hydrogen (secondary N) is 1. The van der Waals surface area contributed by atoms with Gasteiger partial charge in [0.15, 0.2) is 6.29 Å². The standard InChI is InChI=1S/C33H33F3N2O7S/c34-33(35,36)32(43)38-15-1-2-27(38)29(40)37-17-20-3-9-24(10-4-20)31-44-25(19-46-26-13-11-23(12-14-26)30(41)42)16-28(45-31)22-7-5-21(18-39)6-8-22/h3-14,25,27-28,31,39H,1-2,15-19H2,(H,37,40)(H,41,42)/t25-,27+,28+,31+/m1/s1. The molecule has 2 fully saturated rings. The Morgan fingerprint density at radius 2 is 1.57 bits per heavy atom. The number of hydrogen-bond donors (Lipinski definition) is 3. The number of rotatable bonds is 10. The van der Waals surface area contributed by atoms with Crippen molar-refractivity contribution in [2.75, 3.05) is 12.3 Å². The normalized spacial score (nSPS) is 21.6. The van der Waals surface area contributed by atoms with E-state index in [2.05, 4.69) is 5.32 Å². The summed E-state index contributed by atoms with van der Waals surface area (Å²) in [5.41, 5.74) is 3.34. The van der Waals surface area contributed by atoms with Gasteiger partial charge in [-0.2, -0.15) is 13.2 Å². The van der Waals surface area contributed by atoms with Crippen molar-refractivity contribution >= 4 is 29.5 Å². The number of aromatic carboxylic acids is 1. The van der Waals surface area contributed by atoms with Crippen LogP contribution in [0.4, 0.5) is 13.2 Å². The van der Waals surface area contributed by atoms with Gasteiger partial charge in [-0.25, -0.2) is 4.79 Å². The molecule has 3 N–H and O–H groups in total. The van der Waals surface area contributed by atoms with Gasteiger partial charge in [0, 0.05) is 35.7 Å². The highest BCUT2D eigenvalue weighted by Gasteiger charge is 2.47. The van der Waals surface area contributed by atoms with E-state index in [1.807, 2.05) is 24.3 Å². The van der Waals surface area contributed by atoms with Gasteiger partial charge in [-0.1, -0.05) is 48.5 Å². The van der Waals surface area contributed by atoms with Crippen LogP contribution in [0.15, 0.2) is 77.7 Å². The maximum Gasteiger partial charge on any atom is 0.471 e. The molecule has 0 aromatic heterocycles. The number of alkyl halides is 3. The zero-order chi connectivity index (χ0) is 32.8. The number of likely N-dealkylation sites (tertiary alicyclic amines) is 1. The van der Waals surface area contributed by atoms with Gasteiger partial charge >= 0.3 is 18.1 Å². The fourth-order valence-electron chi connectivity index (χ4n) is 5.45. The van der Waals surface area contributed by atoms with Crippen molar-refractivity contribution in [3.8, 4) is 0 Å². The van der Waals surface area contributed by atoms with Gasteiger partial charge in [0.25, 0.3) is 0 Å². The Morgan fingerprint density at radius 1 is 0.913 bits per heavy atom. The molecule has 2 heterocycles. The summed E-state index contributed by atoms with van der Waals surface area (Å²) in [6, 6.07) is 20.1. The summed E-state index contributed by atoms with van der Waals surface area (Å²) in [4.78, 5) is 37.1. The Morgan fingerprint density at radius 3 is 2.20 bits per heavy atom. The lowest BCUT2D eigenvalue weighted by Crippen LogP contribution is -2.50. The van der Waals surface area contributed by atoms with Crippen molar-refractivity contribution in [2.45, 2.75) is 68.0 Å². The van der Waals surface area contributed by atoms with Crippen LogP contribution in [0.1, 0.15) is 64.3 Å². The van der Waals surface area contributed by atoms with Crippen LogP contribution in [0.5, 0.6) is 0 Å². The molecule has 2 saturated heterocycles. The van der Waals surface area contributed by atoms with Gasteiger partial charge in [0.2, 0.25) is 5.91 Å². The van der Waals surface area contributed by atoms with Gasteiger partial charge in [-0.05, 0) is 53.8 Å². The Balaban J connectivity index is 1.24. The van der Waals surface area contributed by atoms with E-state index >= 15 is 0 Å². The number of thioether (sulfide) groups is 1. The molecule has 13 heteroatoms. The maximum absolute atomic E-state index is 12.9. The van der Waals surface area contributed by atoms with Crippen LogP contribution in [-0.2, 0) is 32.2 Å². The van der Waals surface area contributed by atoms with Gasteiger partial charge in [0.05, 0.1) is 24.4 Å². The van der Waals surface area contributed by atoms with Gasteiger partial charge in [-0.3, -0.25) is 9.59 Å². The first-order chi connectivity index (χ1) is 22.0. The zero-order valence-corrected chi connectivity index (χ0v) is 25.4. The lowest BCUT2D eigenvalue weighted by molar-refractivity contribution is -0.245. The molecule has 0 radical (unpaired) electrons. The monoisotopic (exact) mass is 658 g/mol. The predicted octanol–water partition coefficient (Wildman–Crippen LogP) is 5.38. The first-order valence-corrected chi connectivity index (χ1v) is 15.7. The molecule has 0 bridgehead atoms. The first-order valence-electron chi connectivity index (χ1n) is 14.7. The highest BCUT2D eigenvalue weighted by atomic mass is 32.2. The van der Waals surface area contributed by atoms with Crippen molar-refractivity contribution in [1.29, 1.82) is 0 Å². The van der Waals surface area contributed by atoms with E-state index in [-0.39, 0.29) is 43.9 Å². The minimum Gasteiger partial charge on any atom is -0.478 e. The molecule has 0 unspecified atom stereocenters. The van der Waals surface area contributed by atoms with E-state index in [0.29, 0.717) is 29.1 Å². The third kappa shape index (κ3) is 8.27. The summed E-state index contributed by atoms with van der Waals surface area (Å²) >= 11 is 1.54. The average Bonchev–Trinajstić information content (AvgIpc) is 3.56. The highest BCUT2D eigenvalue weighted by Crippen LogP contribution is 2.39. The van der Waals surface area contributed by atoms with E-state index in [0.717, 1.165) is 21.6 Å². The van der Waals surface area contributed by atoms with Crippen LogP contribution < -0.4 is 5.32 Å². The fraction of sp³-hybridized carbons (Fsp3) is 0.364. The number of aliphatic hydroxyl groups is 1. The minimum absolute atomic E-state index is 0.0653. The van der Waals surface area contributed by atoms with Crippen LogP contribution in [0, 0.1) is 0 Å². The molecule has 3 aromatic rings. The van der Waals surface area contributed by atoms with Gasteiger partial charge < -0.3 is 29.9 Å². The summed E-state index contributed by atoms with van der Waals surface area (Å²) < 4.78 is 51.5. The summed E-state index contributed by atoms with van der Waals surface area (Å²) in [7, 11) is 0. The number of amides is 2. The smallest absolute Gasteiger partial charge is 0.471 e. The number of carbonyl (C=O) groups is 3. The summed E-state index contributed by atoms with van der Waals surface area (Å²) in [6.45, 7) is -0.125. The van der Waals surface area contributed by atoms with Crippen LogP contribution in [0.25, 0.3) is 0 Å². The number of hydrogen-bond acceptors (Lipinski definition) is 7. The molecule has 2 aliphatic rings. The molecule has 5 rings (SSSR count). The quantitative estimate of drug-likeness (QED) is 0.248. The van der Waals surface area contributed by atoms with E-state index in [4.69, 9.17) is 14.6 Å². The maximum atomic E-state index is 12.9. The highest BCUT2D eigenvalue weighted by molar-refractivity contribution is 7.99. The largest absolute Gasteiger partial charge is 0.478 e. The second-order valence-corrected chi connectivity index (χ2v) is 12.2. The number of ether oxygens (including phenoxy) is 2. The number of aliphatic hydroxyl groups excluding tert-OH is 1. The fourth-order valence-corrected chi connectivity index (χ4v) is 6.37. The van der Waals surface area contributed by atoms with E-state index in [1.54, 1.807) is 48.5 Å². The number of carbonyl (C=O) groups excluding carboxylic acids is 2. The number of carboxylic acids is 1. The first kappa shape index (κ1) is 33.5. The third-order valence-corrected chi connectivity index (χ3v) is 9.07. The minimum atomic E-state index is -5.03. The molecule has 2 aliphatic heterocycles.